The molecule has 0 fully saturated rings. The van der Waals surface area contributed by atoms with Crippen LogP contribution in [0.5, 0.6) is 11.5 Å². The van der Waals surface area contributed by atoms with Crippen molar-refractivity contribution in [2.75, 3.05) is 12.2 Å². The van der Waals surface area contributed by atoms with Crippen molar-refractivity contribution in [3.63, 3.8) is 0 Å². The fourth-order valence-corrected chi connectivity index (χ4v) is 2.14. The van der Waals surface area contributed by atoms with Crippen molar-refractivity contribution in [1.82, 2.24) is 9.97 Å². The van der Waals surface area contributed by atoms with Crippen molar-refractivity contribution in [2.24, 2.45) is 5.10 Å². The van der Waals surface area contributed by atoms with E-state index in [1.165, 1.54) is 12.3 Å². The SMILES string of the molecule is Cc1cc(=O)[nH]c(N/N=C\c2cc(Cl)c3c(c2)OCO3)n1. The van der Waals surface area contributed by atoms with Crippen LogP contribution in [-0.2, 0) is 0 Å². The Hall–Kier alpha value is -2.54. The lowest BCUT2D eigenvalue weighted by molar-refractivity contribution is 0.174. The molecule has 3 rings (SSSR count). The third-order valence-corrected chi connectivity index (χ3v) is 2.98. The van der Waals surface area contributed by atoms with Gasteiger partial charge in [-0.15, -0.1) is 0 Å². The summed E-state index contributed by atoms with van der Waals surface area (Å²) in [6.45, 7) is 1.88. The lowest BCUT2D eigenvalue weighted by atomic mass is 10.2. The smallest absolute Gasteiger partial charge is 0.252 e. The van der Waals surface area contributed by atoms with Gasteiger partial charge in [-0.1, -0.05) is 11.6 Å². The summed E-state index contributed by atoms with van der Waals surface area (Å²) in [5.41, 5.74) is 3.73. The Morgan fingerprint density at radius 1 is 1.43 bits per heavy atom. The average Bonchev–Trinajstić information content (AvgIpc) is 2.86. The first kappa shape index (κ1) is 13.4. The predicted molar refractivity (Wildman–Crippen MR) is 78.4 cm³/mol. The second-order valence-electron chi connectivity index (χ2n) is 4.34. The number of anilines is 1. The van der Waals surface area contributed by atoms with Crippen LogP contribution in [0, 0.1) is 6.92 Å². The van der Waals surface area contributed by atoms with E-state index in [1.807, 2.05) is 0 Å². The van der Waals surface area contributed by atoms with Crippen molar-refractivity contribution in [1.29, 1.82) is 0 Å². The van der Waals surface area contributed by atoms with Crippen molar-refractivity contribution in [2.45, 2.75) is 6.92 Å². The third-order valence-electron chi connectivity index (χ3n) is 2.70. The van der Waals surface area contributed by atoms with E-state index in [1.54, 1.807) is 19.1 Å². The van der Waals surface area contributed by atoms with Crippen LogP contribution in [-0.4, -0.2) is 23.0 Å². The molecule has 2 N–H and O–H groups in total. The molecule has 0 saturated heterocycles. The van der Waals surface area contributed by atoms with Crippen LogP contribution in [0.25, 0.3) is 0 Å². The highest BCUT2D eigenvalue weighted by Gasteiger charge is 2.17. The van der Waals surface area contributed by atoms with Crippen molar-refractivity contribution >= 4 is 23.8 Å². The summed E-state index contributed by atoms with van der Waals surface area (Å²) in [6, 6.07) is 4.85. The van der Waals surface area contributed by atoms with Crippen LogP contribution >= 0.6 is 11.6 Å². The predicted octanol–water partition coefficient (Wildman–Crippen LogP) is 1.91. The van der Waals surface area contributed by atoms with Gasteiger partial charge in [0.25, 0.3) is 5.56 Å². The molecule has 0 spiro atoms. The second-order valence-corrected chi connectivity index (χ2v) is 4.75. The molecule has 1 aliphatic rings. The molecule has 2 heterocycles. The molecule has 0 unspecified atom stereocenters. The Morgan fingerprint density at radius 2 is 2.29 bits per heavy atom. The molecule has 0 bridgehead atoms. The number of rotatable bonds is 3. The lowest BCUT2D eigenvalue weighted by Crippen LogP contribution is -2.10. The van der Waals surface area contributed by atoms with Crippen LogP contribution in [0.4, 0.5) is 5.95 Å². The molecule has 1 aromatic heterocycles. The molecule has 7 nitrogen and oxygen atoms in total. The highest BCUT2D eigenvalue weighted by atomic mass is 35.5. The molecule has 2 aromatic rings. The number of hydrogen-bond acceptors (Lipinski definition) is 6. The number of aryl methyl sites for hydroxylation is 1. The molecule has 108 valence electrons. The summed E-state index contributed by atoms with van der Waals surface area (Å²) in [5, 5.41) is 4.45. The van der Waals surface area contributed by atoms with Gasteiger partial charge in [0.15, 0.2) is 11.5 Å². The fourth-order valence-electron chi connectivity index (χ4n) is 1.86. The second kappa shape index (κ2) is 5.45. The Kier molecular flexibility index (Phi) is 3.49. The van der Waals surface area contributed by atoms with E-state index in [4.69, 9.17) is 21.1 Å². The molecule has 0 aliphatic carbocycles. The van der Waals surface area contributed by atoms with E-state index >= 15 is 0 Å². The number of nitrogens with one attached hydrogen (secondary N) is 2. The van der Waals surface area contributed by atoms with Gasteiger partial charge in [0.05, 0.1) is 11.2 Å². The molecule has 0 saturated carbocycles. The molecular weight excluding hydrogens is 296 g/mol. The summed E-state index contributed by atoms with van der Waals surface area (Å²) in [6.07, 6.45) is 1.54. The zero-order valence-electron chi connectivity index (χ0n) is 11.0. The van der Waals surface area contributed by atoms with E-state index in [9.17, 15) is 4.79 Å². The van der Waals surface area contributed by atoms with Crippen LogP contribution in [0.3, 0.4) is 0 Å². The molecule has 1 aliphatic heterocycles. The molecular formula is C13H11ClN4O3. The largest absolute Gasteiger partial charge is 0.454 e. The minimum Gasteiger partial charge on any atom is -0.454 e. The Labute approximate surface area is 124 Å². The van der Waals surface area contributed by atoms with Crippen molar-refractivity contribution < 1.29 is 9.47 Å². The number of fused-ring (bicyclic) bond motifs is 1. The topological polar surface area (TPSA) is 88.6 Å². The Balaban J connectivity index is 1.77. The number of H-pyrrole nitrogens is 1. The van der Waals surface area contributed by atoms with Gasteiger partial charge >= 0.3 is 0 Å². The van der Waals surface area contributed by atoms with E-state index in [-0.39, 0.29) is 18.3 Å². The average molecular weight is 307 g/mol. The minimum atomic E-state index is -0.244. The number of aromatic nitrogens is 2. The van der Waals surface area contributed by atoms with E-state index < -0.39 is 0 Å². The maximum Gasteiger partial charge on any atom is 0.252 e. The van der Waals surface area contributed by atoms with E-state index in [2.05, 4.69) is 20.5 Å². The molecule has 0 amide bonds. The number of hydrazone groups is 1. The number of hydrogen-bond donors (Lipinski definition) is 2. The number of halogens is 1. The fraction of sp³-hybridized carbons (Fsp3) is 0.154. The standard InChI is InChI=1S/C13H11ClN4O3/c1-7-2-11(19)17-13(16-7)18-15-5-8-3-9(14)12-10(4-8)20-6-21-12/h2-5H,6H2,1H3,(H2,16,17,18,19)/b15-5-. The summed E-state index contributed by atoms with van der Waals surface area (Å²) in [5.74, 6) is 1.38. The van der Waals surface area contributed by atoms with Crippen LogP contribution < -0.4 is 20.5 Å². The van der Waals surface area contributed by atoms with Gasteiger partial charge in [-0.2, -0.15) is 5.10 Å². The molecule has 1 aromatic carbocycles. The van der Waals surface area contributed by atoms with Gasteiger partial charge in [-0.05, 0) is 24.6 Å². The normalized spacial score (nSPS) is 12.9. The minimum absolute atomic E-state index is 0.155. The highest BCUT2D eigenvalue weighted by molar-refractivity contribution is 6.32. The van der Waals surface area contributed by atoms with Gasteiger partial charge in [-0.25, -0.2) is 10.4 Å². The van der Waals surface area contributed by atoms with Crippen molar-refractivity contribution in [3.8, 4) is 11.5 Å². The first-order chi connectivity index (χ1) is 10.1. The Morgan fingerprint density at radius 3 is 3.10 bits per heavy atom. The van der Waals surface area contributed by atoms with Gasteiger partial charge in [-0.3, -0.25) is 9.78 Å². The number of aromatic amines is 1. The zero-order valence-corrected chi connectivity index (χ0v) is 11.8. The quantitative estimate of drug-likeness (QED) is 0.668. The van der Waals surface area contributed by atoms with Gasteiger partial charge < -0.3 is 9.47 Å². The van der Waals surface area contributed by atoms with Gasteiger partial charge in [0.1, 0.15) is 0 Å². The van der Waals surface area contributed by atoms with Crippen LogP contribution in [0.15, 0.2) is 28.1 Å². The first-order valence-electron chi connectivity index (χ1n) is 6.08. The van der Waals surface area contributed by atoms with E-state index in [0.29, 0.717) is 22.2 Å². The highest BCUT2D eigenvalue weighted by Crippen LogP contribution is 2.39. The number of nitrogens with zero attached hydrogens (tertiary/aromatic N) is 2. The molecule has 21 heavy (non-hydrogen) atoms. The number of benzene rings is 1. The summed E-state index contributed by atoms with van der Waals surface area (Å²) < 4.78 is 10.5. The third kappa shape index (κ3) is 2.97. The van der Waals surface area contributed by atoms with Crippen molar-refractivity contribution in [3.05, 3.63) is 44.8 Å². The van der Waals surface area contributed by atoms with Gasteiger partial charge in [0.2, 0.25) is 12.7 Å². The molecule has 0 atom stereocenters. The monoisotopic (exact) mass is 306 g/mol. The summed E-state index contributed by atoms with van der Waals surface area (Å²) in [7, 11) is 0. The maximum atomic E-state index is 11.3. The maximum absolute atomic E-state index is 11.3. The van der Waals surface area contributed by atoms with Gasteiger partial charge in [0, 0.05) is 11.8 Å². The number of ether oxygens (including phenoxy) is 2. The zero-order chi connectivity index (χ0) is 14.8. The Bertz CT molecular complexity index is 772. The molecule has 8 heteroatoms. The van der Waals surface area contributed by atoms with Crippen LogP contribution in [0.1, 0.15) is 11.3 Å². The van der Waals surface area contributed by atoms with Crippen LogP contribution in [0.2, 0.25) is 5.02 Å². The van der Waals surface area contributed by atoms with E-state index in [0.717, 1.165) is 5.56 Å². The lowest BCUT2D eigenvalue weighted by Gasteiger charge is -2.02. The summed E-state index contributed by atoms with van der Waals surface area (Å²) >= 11 is 6.07. The first-order valence-corrected chi connectivity index (χ1v) is 6.46. The summed E-state index contributed by atoms with van der Waals surface area (Å²) in [4.78, 5) is 17.9. The molecule has 0 radical (unpaired) electrons.